The van der Waals surface area contributed by atoms with Crippen molar-refractivity contribution in [3.63, 3.8) is 0 Å². The highest BCUT2D eigenvalue weighted by Gasteiger charge is 2.23. The van der Waals surface area contributed by atoms with Gasteiger partial charge in [-0.25, -0.2) is 14.0 Å². The Bertz CT molecular complexity index is 1130. The van der Waals surface area contributed by atoms with Gasteiger partial charge in [0.1, 0.15) is 17.0 Å². The molecule has 220 valence electrons. The molecule has 2 aromatic carbocycles. The molecule has 9 heteroatoms. The predicted octanol–water partition coefficient (Wildman–Crippen LogP) is 6.25. The van der Waals surface area contributed by atoms with Gasteiger partial charge in [0.25, 0.3) is 0 Å². The number of hydrogen-bond donors (Lipinski definition) is 2. The van der Waals surface area contributed by atoms with Crippen molar-refractivity contribution < 1.29 is 28.2 Å². The van der Waals surface area contributed by atoms with E-state index in [2.05, 4.69) is 10.6 Å². The molecule has 2 rings (SSSR count). The molecule has 0 radical (unpaired) electrons. The molecular weight excluding hydrogens is 513 g/mol. The van der Waals surface area contributed by atoms with Crippen molar-refractivity contribution in [1.82, 2.24) is 15.5 Å². The van der Waals surface area contributed by atoms with E-state index in [1.165, 1.54) is 6.07 Å². The molecule has 0 aliphatic heterocycles. The van der Waals surface area contributed by atoms with Crippen molar-refractivity contribution >= 4 is 18.1 Å². The van der Waals surface area contributed by atoms with E-state index in [9.17, 15) is 18.8 Å². The molecule has 0 aliphatic carbocycles. The van der Waals surface area contributed by atoms with E-state index in [0.717, 1.165) is 5.56 Å². The lowest BCUT2D eigenvalue weighted by Gasteiger charge is -2.27. The average Bonchev–Trinajstić information content (AvgIpc) is 2.85. The van der Waals surface area contributed by atoms with Gasteiger partial charge >= 0.3 is 12.2 Å². The fourth-order valence-electron chi connectivity index (χ4n) is 3.83. The molecule has 0 unspecified atom stereocenters. The maximum atomic E-state index is 14.8. The summed E-state index contributed by atoms with van der Waals surface area (Å²) in [6.45, 7) is 13.9. The molecule has 3 amide bonds. The molecule has 0 aromatic heterocycles. The second kappa shape index (κ2) is 14.7. The first-order chi connectivity index (χ1) is 18.7. The average molecular weight is 558 g/mol. The van der Waals surface area contributed by atoms with Gasteiger partial charge in [-0.15, -0.1) is 0 Å². The minimum atomic E-state index is -0.654. The summed E-state index contributed by atoms with van der Waals surface area (Å²) in [6.07, 6.45) is 0.0338. The van der Waals surface area contributed by atoms with Crippen molar-refractivity contribution in [1.29, 1.82) is 0 Å². The fourth-order valence-corrected chi connectivity index (χ4v) is 3.83. The van der Waals surface area contributed by atoms with E-state index >= 15 is 0 Å². The smallest absolute Gasteiger partial charge is 0.410 e. The first-order valence-electron chi connectivity index (χ1n) is 13.7. The Morgan fingerprint density at radius 1 is 0.850 bits per heavy atom. The SMILES string of the molecule is C[C@H](C(=O)NCCCN(CCCNC(=O)OC(C)(C)C)C(=O)OC(C)(C)C)c1ccc(-c2ccccc2)c(F)c1. The molecule has 2 N–H and O–H groups in total. The standard InChI is InChI=1S/C31H44FN3O5/c1-22(24-15-16-25(26(32)21-24)23-13-9-8-10-14-23)27(36)33-17-11-19-35(29(38)40-31(5,6)7)20-12-18-34-28(37)39-30(2,3)4/h8-10,13-16,21-22H,11-12,17-20H2,1-7H3,(H,33,36)(H,34,37)/t22-/m0/s1. The number of nitrogens with zero attached hydrogens (tertiary/aromatic N) is 1. The van der Waals surface area contributed by atoms with Crippen LogP contribution in [0.15, 0.2) is 48.5 Å². The summed E-state index contributed by atoms with van der Waals surface area (Å²) in [5, 5.41) is 5.56. The summed E-state index contributed by atoms with van der Waals surface area (Å²) in [5.74, 6) is -1.14. The van der Waals surface area contributed by atoms with Crippen molar-refractivity contribution in [2.45, 2.75) is 78.4 Å². The summed E-state index contributed by atoms with van der Waals surface area (Å²) < 4.78 is 25.5. The third kappa shape index (κ3) is 11.6. The lowest BCUT2D eigenvalue weighted by molar-refractivity contribution is -0.122. The molecule has 0 spiro atoms. The number of carbonyl (C=O) groups excluding carboxylic acids is 3. The van der Waals surface area contributed by atoms with E-state index in [1.54, 1.807) is 65.5 Å². The van der Waals surface area contributed by atoms with Gasteiger partial charge in [-0.1, -0.05) is 42.5 Å². The number of ether oxygens (including phenoxy) is 2. The number of hydrogen-bond acceptors (Lipinski definition) is 5. The highest BCUT2D eigenvalue weighted by molar-refractivity contribution is 5.83. The van der Waals surface area contributed by atoms with Crippen LogP contribution in [0.5, 0.6) is 0 Å². The van der Waals surface area contributed by atoms with Crippen LogP contribution in [-0.4, -0.2) is 60.4 Å². The number of carbonyl (C=O) groups is 3. The molecule has 0 aliphatic rings. The van der Waals surface area contributed by atoms with Gasteiger partial charge < -0.3 is 25.0 Å². The molecule has 0 saturated carbocycles. The molecule has 0 heterocycles. The van der Waals surface area contributed by atoms with E-state index in [-0.39, 0.29) is 11.7 Å². The first-order valence-corrected chi connectivity index (χ1v) is 13.7. The number of amides is 3. The lowest BCUT2D eigenvalue weighted by Crippen LogP contribution is -2.40. The maximum Gasteiger partial charge on any atom is 0.410 e. The zero-order valence-electron chi connectivity index (χ0n) is 24.8. The zero-order valence-corrected chi connectivity index (χ0v) is 24.8. The third-order valence-corrected chi connectivity index (χ3v) is 5.80. The van der Waals surface area contributed by atoms with Crippen molar-refractivity contribution in [2.75, 3.05) is 26.2 Å². The Hall–Kier alpha value is -3.62. The number of alkyl carbamates (subject to hydrolysis) is 1. The molecule has 0 fully saturated rings. The largest absolute Gasteiger partial charge is 0.444 e. The minimum Gasteiger partial charge on any atom is -0.444 e. The fraction of sp³-hybridized carbons (Fsp3) is 0.516. The first kappa shape index (κ1) is 32.6. The molecular formula is C31H44FN3O5. The summed E-state index contributed by atoms with van der Waals surface area (Å²) >= 11 is 0. The molecule has 1 atom stereocenters. The second-order valence-corrected chi connectivity index (χ2v) is 11.7. The van der Waals surface area contributed by atoms with Gasteiger partial charge in [0.2, 0.25) is 5.91 Å². The van der Waals surface area contributed by atoms with Crippen LogP contribution in [0.1, 0.15) is 72.8 Å². The Morgan fingerprint density at radius 3 is 1.98 bits per heavy atom. The third-order valence-electron chi connectivity index (χ3n) is 5.80. The highest BCUT2D eigenvalue weighted by Crippen LogP contribution is 2.26. The highest BCUT2D eigenvalue weighted by atomic mass is 19.1. The van der Waals surface area contributed by atoms with Crippen LogP contribution in [-0.2, 0) is 14.3 Å². The number of benzene rings is 2. The van der Waals surface area contributed by atoms with Gasteiger partial charge in [-0.3, -0.25) is 4.79 Å². The Balaban J connectivity index is 1.87. The molecule has 0 saturated heterocycles. The van der Waals surface area contributed by atoms with Gasteiger partial charge in [0, 0.05) is 31.7 Å². The summed E-state index contributed by atoms with van der Waals surface area (Å²) in [6, 6.07) is 14.1. The van der Waals surface area contributed by atoms with Gasteiger partial charge in [0.15, 0.2) is 0 Å². The number of rotatable bonds is 11. The van der Waals surface area contributed by atoms with Crippen LogP contribution in [0, 0.1) is 5.82 Å². The second-order valence-electron chi connectivity index (χ2n) is 11.7. The topological polar surface area (TPSA) is 97.0 Å². The minimum absolute atomic E-state index is 0.225. The summed E-state index contributed by atoms with van der Waals surface area (Å²) in [7, 11) is 0. The Labute approximate surface area is 237 Å². The van der Waals surface area contributed by atoms with E-state index in [0.29, 0.717) is 50.1 Å². The zero-order chi connectivity index (χ0) is 29.9. The quantitative estimate of drug-likeness (QED) is 0.318. The predicted molar refractivity (Wildman–Crippen MR) is 155 cm³/mol. The van der Waals surface area contributed by atoms with Gasteiger partial charge in [0.05, 0.1) is 5.92 Å². The summed E-state index contributed by atoms with van der Waals surface area (Å²) in [5.41, 5.74) is 0.606. The van der Waals surface area contributed by atoms with Crippen molar-refractivity contribution in [2.24, 2.45) is 0 Å². The molecule has 40 heavy (non-hydrogen) atoms. The Morgan fingerprint density at radius 2 is 1.43 bits per heavy atom. The normalized spacial score (nSPS) is 12.3. The van der Waals surface area contributed by atoms with E-state index in [4.69, 9.17) is 9.47 Å². The van der Waals surface area contributed by atoms with Crippen LogP contribution in [0.2, 0.25) is 0 Å². The molecule has 8 nitrogen and oxygen atoms in total. The van der Waals surface area contributed by atoms with Crippen molar-refractivity contribution in [3.8, 4) is 11.1 Å². The lowest BCUT2D eigenvalue weighted by atomic mass is 9.96. The Kier molecular flexibility index (Phi) is 12.0. The maximum absolute atomic E-state index is 14.8. The van der Waals surface area contributed by atoms with Crippen LogP contribution in [0.3, 0.4) is 0 Å². The summed E-state index contributed by atoms with van der Waals surface area (Å²) in [4.78, 5) is 38.9. The molecule has 2 aromatic rings. The van der Waals surface area contributed by atoms with Gasteiger partial charge in [-0.05, 0) is 78.5 Å². The van der Waals surface area contributed by atoms with Crippen LogP contribution in [0.25, 0.3) is 11.1 Å². The van der Waals surface area contributed by atoms with E-state index in [1.807, 2.05) is 30.3 Å². The number of halogens is 1. The monoisotopic (exact) mass is 557 g/mol. The number of nitrogens with one attached hydrogen (secondary N) is 2. The van der Waals surface area contributed by atoms with Crippen molar-refractivity contribution in [3.05, 3.63) is 59.9 Å². The van der Waals surface area contributed by atoms with Crippen LogP contribution in [0.4, 0.5) is 14.0 Å². The van der Waals surface area contributed by atoms with E-state index < -0.39 is 29.3 Å². The van der Waals surface area contributed by atoms with Crippen LogP contribution >= 0.6 is 0 Å². The molecule has 0 bridgehead atoms. The van der Waals surface area contributed by atoms with Crippen LogP contribution < -0.4 is 10.6 Å². The van der Waals surface area contributed by atoms with Gasteiger partial charge in [-0.2, -0.15) is 0 Å².